The minimum atomic E-state index is -2.92. The highest BCUT2D eigenvalue weighted by Crippen LogP contribution is 2.63. The van der Waals surface area contributed by atoms with Crippen LogP contribution in [0.1, 0.15) is 21.2 Å². The van der Waals surface area contributed by atoms with Crippen molar-refractivity contribution >= 4 is 33.9 Å². The van der Waals surface area contributed by atoms with E-state index < -0.39 is 10.6 Å². The molecule has 178 valence electrons. The van der Waals surface area contributed by atoms with Crippen LogP contribution in [0.4, 0.5) is 5.69 Å². The van der Waals surface area contributed by atoms with Crippen molar-refractivity contribution in [3.63, 3.8) is 0 Å². The molecule has 0 spiro atoms. The Morgan fingerprint density at radius 1 is 0.941 bits per heavy atom. The van der Waals surface area contributed by atoms with Crippen LogP contribution < -0.4 is 9.64 Å². The first-order valence-corrected chi connectivity index (χ1v) is 13.8. The number of piperazine rings is 1. The summed E-state index contributed by atoms with van der Waals surface area (Å²) in [6.45, 7) is 2.71. The Labute approximate surface area is 205 Å². The lowest BCUT2D eigenvalue weighted by Crippen LogP contribution is -2.49. The molecule has 0 saturated carbocycles. The highest BCUT2D eigenvalue weighted by molar-refractivity contribution is 8.25. The maximum Gasteiger partial charge on any atom is 0.254 e. The lowest BCUT2D eigenvalue weighted by molar-refractivity contribution is 0.0745. The Morgan fingerprint density at radius 3 is 2.32 bits per heavy atom. The number of thioether (sulfide) groups is 1. The fourth-order valence-corrected chi connectivity index (χ4v) is 8.22. The number of anilines is 1. The van der Waals surface area contributed by atoms with E-state index in [9.17, 15) is 13.9 Å². The number of ether oxygens (including phenoxy) is 1. The molecule has 5 rings (SSSR count). The molecule has 3 aromatic rings. The van der Waals surface area contributed by atoms with E-state index in [1.807, 2.05) is 65.6 Å². The zero-order valence-corrected chi connectivity index (χ0v) is 20.6. The predicted molar refractivity (Wildman–Crippen MR) is 139 cm³/mol. The Hall–Kier alpha value is -2.65. The Bertz CT molecular complexity index is 1160. The van der Waals surface area contributed by atoms with Crippen molar-refractivity contribution in [1.29, 1.82) is 0 Å². The van der Waals surface area contributed by atoms with Crippen LogP contribution in [-0.2, 0) is 0 Å². The molecule has 2 aliphatic heterocycles. The van der Waals surface area contributed by atoms with Gasteiger partial charge in [0, 0.05) is 47.9 Å². The maximum absolute atomic E-state index is 13.6. The van der Waals surface area contributed by atoms with E-state index in [1.165, 1.54) is 0 Å². The molecule has 1 unspecified atom stereocenters. The van der Waals surface area contributed by atoms with E-state index >= 15 is 0 Å². The molecule has 0 aliphatic carbocycles. The van der Waals surface area contributed by atoms with Gasteiger partial charge in [-0.3, -0.25) is 13.9 Å². The smallest absolute Gasteiger partial charge is 0.254 e. The summed E-state index contributed by atoms with van der Waals surface area (Å²) in [5.41, 5.74) is 2.47. The molecule has 2 heterocycles. The lowest BCUT2D eigenvalue weighted by atomic mass is 10.0. The van der Waals surface area contributed by atoms with Crippen molar-refractivity contribution in [2.24, 2.45) is 0 Å². The van der Waals surface area contributed by atoms with Crippen molar-refractivity contribution in [1.82, 2.24) is 4.90 Å². The molecule has 1 fully saturated rings. The molecule has 0 radical (unpaired) electrons. The first kappa shape index (κ1) is 23.1. The van der Waals surface area contributed by atoms with Crippen molar-refractivity contribution in [2.45, 2.75) is 15.0 Å². The summed E-state index contributed by atoms with van der Waals surface area (Å²) in [4.78, 5) is 19.3. The average Bonchev–Trinajstić information content (AvgIpc) is 3.14. The van der Waals surface area contributed by atoms with Gasteiger partial charge in [0.1, 0.15) is 5.75 Å². The van der Waals surface area contributed by atoms with E-state index in [1.54, 1.807) is 31.0 Å². The van der Waals surface area contributed by atoms with E-state index in [0.29, 0.717) is 23.5 Å². The molecule has 0 bridgehead atoms. The fraction of sp³-hybridized carbons (Fsp3) is 0.269. The number of rotatable bonds is 5. The van der Waals surface area contributed by atoms with Gasteiger partial charge >= 0.3 is 0 Å². The Balaban J connectivity index is 1.35. The number of carbonyl (C=O) groups is 1. The van der Waals surface area contributed by atoms with E-state index in [-0.39, 0.29) is 16.9 Å². The van der Waals surface area contributed by atoms with Crippen LogP contribution in [0.3, 0.4) is 0 Å². The number of hydrogen-bond donors (Lipinski definition) is 2. The monoisotopic (exact) mass is 496 g/mol. The number of benzene rings is 3. The number of methoxy groups -OCH3 is 1. The molecule has 2 N–H and O–H groups in total. The van der Waals surface area contributed by atoms with Gasteiger partial charge in [-0.1, -0.05) is 24.3 Å². The van der Waals surface area contributed by atoms with Gasteiger partial charge in [0.2, 0.25) is 0 Å². The van der Waals surface area contributed by atoms with Crippen molar-refractivity contribution < 1.29 is 18.6 Å². The number of amides is 1. The summed E-state index contributed by atoms with van der Waals surface area (Å²) in [5.74, 6) is 1.02. The molecule has 2 aliphatic rings. The van der Waals surface area contributed by atoms with E-state index in [4.69, 9.17) is 4.74 Å². The summed E-state index contributed by atoms with van der Waals surface area (Å²) >= 11 is 1.59. The minimum Gasteiger partial charge on any atom is -0.497 e. The van der Waals surface area contributed by atoms with Crippen molar-refractivity contribution in [3.8, 4) is 5.75 Å². The third-order valence-corrected chi connectivity index (χ3v) is 9.68. The number of fused-ring (bicyclic) bond motifs is 1. The second kappa shape index (κ2) is 9.54. The molecular weight excluding hydrogens is 468 g/mol. The number of carbonyl (C=O) groups excluding carboxylic acids is 1. The molecule has 1 saturated heterocycles. The molecule has 0 aromatic heterocycles. The summed E-state index contributed by atoms with van der Waals surface area (Å²) in [6.07, 6.45) is 0. The lowest BCUT2D eigenvalue weighted by Gasteiger charge is -2.36. The highest BCUT2D eigenvalue weighted by Gasteiger charge is 2.39. The molecular formula is C26H28N2O4S2. The van der Waals surface area contributed by atoms with Crippen LogP contribution in [0, 0.1) is 0 Å². The minimum absolute atomic E-state index is 0.0398. The SMILES string of the molecule is COc1ccc(N2CCN(C(=O)c3cccc4c3C(Sc3ccccc3)CS4(O)O)CC2)cc1. The maximum atomic E-state index is 13.6. The largest absolute Gasteiger partial charge is 0.497 e. The quantitative estimate of drug-likeness (QED) is 0.478. The van der Waals surface area contributed by atoms with Gasteiger partial charge in [-0.15, -0.1) is 11.8 Å². The van der Waals surface area contributed by atoms with Crippen LogP contribution in [-0.4, -0.2) is 59.0 Å². The summed E-state index contributed by atoms with van der Waals surface area (Å²) in [5, 5.41) is -0.178. The topological polar surface area (TPSA) is 73.2 Å². The van der Waals surface area contributed by atoms with Crippen LogP contribution in [0.15, 0.2) is 82.6 Å². The van der Waals surface area contributed by atoms with Crippen molar-refractivity contribution in [3.05, 3.63) is 83.9 Å². The van der Waals surface area contributed by atoms with Crippen LogP contribution in [0.2, 0.25) is 0 Å². The van der Waals surface area contributed by atoms with Gasteiger partial charge in [-0.05, 0) is 48.5 Å². The average molecular weight is 497 g/mol. The first-order valence-electron chi connectivity index (χ1n) is 11.2. The Morgan fingerprint density at radius 2 is 1.65 bits per heavy atom. The number of hydrogen-bond acceptors (Lipinski definition) is 6. The van der Waals surface area contributed by atoms with E-state index in [2.05, 4.69) is 4.90 Å². The van der Waals surface area contributed by atoms with Crippen LogP contribution in [0.5, 0.6) is 5.75 Å². The van der Waals surface area contributed by atoms with E-state index in [0.717, 1.165) is 35.0 Å². The first-order chi connectivity index (χ1) is 16.5. The zero-order chi connectivity index (χ0) is 23.7. The van der Waals surface area contributed by atoms with Gasteiger partial charge in [0.15, 0.2) is 0 Å². The van der Waals surface area contributed by atoms with Gasteiger partial charge in [0.25, 0.3) is 5.91 Å². The van der Waals surface area contributed by atoms with Gasteiger partial charge in [-0.2, -0.15) is 10.6 Å². The molecule has 6 nitrogen and oxygen atoms in total. The van der Waals surface area contributed by atoms with Crippen LogP contribution in [0.25, 0.3) is 0 Å². The standard InChI is InChI=1S/C26H28N2O4S2/c1-32-20-12-10-19(11-13-20)27-14-16-28(17-15-27)26(29)22-8-5-9-24-25(22)23(18-34(24,30)31)33-21-6-3-2-4-7-21/h2-13,23,30-31H,14-18H2,1H3. The molecule has 1 atom stereocenters. The van der Waals surface area contributed by atoms with Crippen molar-refractivity contribution in [2.75, 3.05) is 43.9 Å². The molecule has 3 aromatic carbocycles. The predicted octanol–water partition coefficient (Wildman–Crippen LogP) is 5.61. The zero-order valence-electron chi connectivity index (χ0n) is 19.0. The van der Waals surface area contributed by atoms with Gasteiger partial charge in [-0.25, -0.2) is 0 Å². The van der Waals surface area contributed by atoms with Gasteiger partial charge < -0.3 is 14.5 Å². The third-order valence-electron chi connectivity index (χ3n) is 6.38. The molecule has 8 heteroatoms. The fourth-order valence-electron chi connectivity index (χ4n) is 4.62. The third kappa shape index (κ3) is 4.51. The molecule has 1 amide bonds. The van der Waals surface area contributed by atoms with Gasteiger partial charge in [0.05, 0.1) is 23.0 Å². The Kier molecular flexibility index (Phi) is 6.48. The van der Waals surface area contributed by atoms with Crippen LogP contribution >= 0.6 is 22.4 Å². The molecule has 34 heavy (non-hydrogen) atoms. The normalized spacial score (nSPS) is 20.0. The second-order valence-electron chi connectivity index (χ2n) is 8.45. The second-order valence-corrected chi connectivity index (χ2v) is 11.8. The number of nitrogens with zero attached hydrogens (tertiary/aromatic N) is 2. The highest BCUT2D eigenvalue weighted by atomic mass is 32.3. The summed E-state index contributed by atoms with van der Waals surface area (Å²) in [6, 6.07) is 23.2. The summed E-state index contributed by atoms with van der Waals surface area (Å²) < 4.78 is 26.8. The summed E-state index contributed by atoms with van der Waals surface area (Å²) in [7, 11) is -1.27.